The molecule has 1 aromatic carbocycles. The highest BCUT2D eigenvalue weighted by Crippen LogP contribution is 2.26. The van der Waals surface area contributed by atoms with Crippen LogP contribution in [0.15, 0.2) is 36.4 Å². The molecule has 2 aromatic rings. The minimum atomic E-state index is -0.418. The Bertz CT molecular complexity index is 816. The molecule has 0 aliphatic carbocycles. The molecule has 6 nitrogen and oxygen atoms in total. The number of ether oxygens (including phenoxy) is 1. The Morgan fingerprint density at radius 2 is 2.13 bits per heavy atom. The van der Waals surface area contributed by atoms with Crippen LogP contribution in [0.2, 0.25) is 0 Å². The number of rotatable bonds is 9. The molecular formula is C22H30ClFN4O2. The van der Waals surface area contributed by atoms with Gasteiger partial charge in [-0.25, -0.2) is 4.39 Å². The van der Waals surface area contributed by atoms with Gasteiger partial charge >= 0.3 is 0 Å². The second-order valence-corrected chi connectivity index (χ2v) is 7.24. The number of amides is 1. The smallest absolute Gasteiger partial charge is 0.237 e. The average Bonchev–Trinajstić information content (AvgIpc) is 3.27. The van der Waals surface area contributed by atoms with E-state index in [0.717, 1.165) is 31.4 Å². The summed E-state index contributed by atoms with van der Waals surface area (Å²) in [6, 6.07) is 11.2. The summed E-state index contributed by atoms with van der Waals surface area (Å²) in [5.74, 6) is 0.0967. The molecule has 1 atom stereocenters. The lowest BCUT2D eigenvalue weighted by atomic mass is 10.2. The lowest BCUT2D eigenvalue weighted by Gasteiger charge is -2.25. The van der Waals surface area contributed by atoms with Crippen LogP contribution in [0.1, 0.15) is 37.3 Å². The number of nitrogens with zero attached hydrogens (tertiary/aromatic N) is 2. The molecule has 0 unspecified atom stereocenters. The van der Waals surface area contributed by atoms with E-state index < -0.39 is 5.82 Å². The Morgan fingerprint density at radius 1 is 1.37 bits per heavy atom. The van der Waals surface area contributed by atoms with Gasteiger partial charge in [-0.05, 0) is 37.4 Å². The number of pyridine rings is 1. The minimum absolute atomic E-state index is 0. The number of aromatic nitrogens is 1. The summed E-state index contributed by atoms with van der Waals surface area (Å²) in [7, 11) is 1.51. The molecule has 0 bridgehead atoms. The largest absolute Gasteiger partial charge is 0.481 e. The van der Waals surface area contributed by atoms with E-state index >= 15 is 0 Å². The first-order chi connectivity index (χ1) is 14.1. The Labute approximate surface area is 183 Å². The summed E-state index contributed by atoms with van der Waals surface area (Å²) in [4.78, 5) is 18.6. The quantitative estimate of drug-likeness (QED) is 0.630. The van der Waals surface area contributed by atoms with Gasteiger partial charge in [0.2, 0.25) is 11.8 Å². The molecule has 30 heavy (non-hydrogen) atoms. The van der Waals surface area contributed by atoms with Gasteiger partial charge < -0.3 is 20.3 Å². The highest BCUT2D eigenvalue weighted by molar-refractivity contribution is 5.85. The van der Waals surface area contributed by atoms with Crippen LogP contribution in [-0.4, -0.2) is 37.1 Å². The minimum Gasteiger partial charge on any atom is -0.481 e. The van der Waals surface area contributed by atoms with E-state index in [-0.39, 0.29) is 36.7 Å². The molecule has 2 N–H and O–H groups in total. The lowest BCUT2D eigenvalue weighted by molar-refractivity contribution is -0.122. The molecule has 0 saturated carbocycles. The summed E-state index contributed by atoms with van der Waals surface area (Å²) < 4.78 is 20.4. The van der Waals surface area contributed by atoms with E-state index in [1.807, 2.05) is 42.2 Å². The fraction of sp³-hybridized carbons (Fsp3) is 0.455. The van der Waals surface area contributed by atoms with Crippen molar-refractivity contribution < 1.29 is 13.9 Å². The van der Waals surface area contributed by atoms with Crippen LogP contribution in [-0.2, 0) is 17.9 Å². The van der Waals surface area contributed by atoms with Crippen molar-refractivity contribution in [2.75, 3.05) is 25.1 Å². The Morgan fingerprint density at radius 3 is 2.77 bits per heavy atom. The van der Waals surface area contributed by atoms with Crippen molar-refractivity contribution in [3.8, 4) is 5.88 Å². The number of nitrogens with one attached hydrogen (secondary N) is 2. The maximum Gasteiger partial charge on any atom is 0.237 e. The second kappa shape index (κ2) is 11.7. The maximum atomic E-state index is 15.0. The third kappa shape index (κ3) is 6.06. The first-order valence-corrected chi connectivity index (χ1v) is 10.2. The predicted octanol–water partition coefficient (Wildman–Crippen LogP) is 3.44. The Hall–Kier alpha value is -2.38. The fourth-order valence-electron chi connectivity index (χ4n) is 3.57. The molecule has 0 spiro atoms. The summed E-state index contributed by atoms with van der Waals surface area (Å²) in [6.45, 7) is 4.31. The monoisotopic (exact) mass is 436 g/mol. The zero-order chi connectivity index (χ0) is 20.6. The third-order valence-electron chi connectivity index (χ3n) is 5.03. The highest BCUT2D eigenvalue weighted by atomic mass is 35.5. The molecule has 164 valence electrons. The van der Waals surface area contributed by atoms with Crippen LogP contribution in [0.4, 0.5) is 10.2 Å². The molecule has 2 heterocycles. The third-order valence-corrected chi connectivity index (χ3v) is 5.03. The zero-order valence-electron chi connectivity index (χ0n) is 17.5. The SMILES string of the molecule is CCCN(Cc1ccccc1)c1nc(OC)c(CNC(=O)[C@@H]2CCCN2)cc1F.Cl. The van der Waals surface area contributed by atoms with E-state index in [2.05, 4.69) is 15.6 Å². The first kappa shape index (κ1) is 23.9. The molecule has 1 aromatic heterocycles. The number of anilines is 1. The van der Waals surface area contributed by atoms with Crippen molar-refractivity contribution in [3.05, 3.63) is 53.3 Å². The molecular weight excluding hydrogens is 407 g/mol. The zero-order valence-corrected chi connectivity index (χ0v) is 18.3. The van der Waals surface area contributed by atoms with Crippen LogP contribution in [0.5, 0.6) is 5.88 Å². The van der Waals surface area contributed by atoms with Crippen LogP contribution in [0.3, 0.4) is 0 Å². The summed E-state index contributed by atoms with van der Waals surface area (Å²) in [6.07, 6.45) is 2.67. The van der Waals surface area contributed by atoms with Crippen molar-refractivity contribution in [3.63, 3.8) is 0 Å². The lowest BCUT2D eigenvalue weighted by Crippen LogP contribution is -2.40. The van der Waals surface area contributed by atoms with Gasteiger partial charge in [0, 0.05) is 25.2 Å². The first-order valence-electron chi connectivity index (χ1n) is 10.2. The van der Waals surface area contributed by atoms with Crippen molar-refractivity contribution in [2.24, 2.45) is 0 Å². The summed E-state index contributed by atoms with van der Waals surface area (Å²) in [5.41, 5.74) is 1.61. The molecule has 0 radical (unpaired) electrons. The van der Waals surface area contributed by atoms with E-state index in [0.29, 0.717) is 24.5 Å². The maximum absolute atomic E-state index is 15.0. The standard InChI is InChI=1S/C22H29FN4O2.ClH/c1-3-12-27(15-16-8-5-4-6-9-16)20-18(23)13-17(22(26-20)29-2)14-25-21(28)19-10-7-11-24-19;/h4-6,8-9,13,19,24H,3,7,10-12,14-15H2,1-2H3,(H,25,28);1H/t19-;/m0./s1. The van der Waals surface area contributed by atoms with E-state index in [9.17, 15) is 9.18 Å². The number of benzene rings is 1. The number of hydrogen-bond donors (Lipinski definition) is 2. The number of methoxy groups -OCH3 is 1. The number of halogens is 2. The van der Waals surface area contributed by atoms with Crippen LogP contribution < -0.4 is 20.3 Å². The van der Waals surface area contributed by atoms with Gasteiger partial charge in [-0.3, -0.25) is 4.79 Å². The van der Waals surface area contributed by atoms with Crippen molar-refractivity contribution in [1.82, 2.24) is 15.6 Å². The van der Waals surface area contributed by atoms with Gasteiger partial charge in [0.1, 0.15) is 0 Å². The van der Waals surface area contributed by atoms with Gasteiger partial charge in [0.25, 0.3) is 0 Å². The normalized spacial score (nSPS) is 15.4. The van der Waals surface area contributed by atoms with Crippen molar-refractivity contribution in [2.45, 2.75) is 45.3 Å². The number of carbonyl (C=O) groups excluding carboxylic acids is 1. The molecule has 3 rings (SSSR count). The predicted molar refractivity (Wildman–Crippen MR) is 119 cm³/mol. The van der Waals surface area contributed by atoms with Crippen molar-refractivity contribution >= 4 is 24.1 Å². The number of hydrogen-bond acceptors (Lipinski definition) is 5. The molecule has 1 aliphatic heterocycles. The van der Waals surface area contributed by atoms with Gasteiger partial charge in [-0.2, -0.15) is 4.98 Å². The van der Waals surface area contributed by atoms with Crippen LogP contribution in [0.25, 0.3) is 0 Å². The topological polar surface area (TPSA) is 66.5 Å². The molecule has 1 saturated heterocycles. The van der Waals surface area contributed by atoms with E-state index in [4.69, 9.17) is 4.74 Å². The summed E-state index contributed by atoms with van der Waals surface area (Å²) >= 11 is 0. The summed E-state index contributed by atoms with van der Waals surface area (Å²) in [5, 5.41) is 6.01. The van der Waals surface area contributed by atoms with Gasteiger partial charge in [0.15, 0.2) is 11.6 Å². The average molecular weight is 437 g/mol. The van der Waals surface area contributed by atoms with Gasteiger partial charge in [-0.15, -0.1) is 12.4 Å². The van der Waals surface area contributed by atoms with E-state index in [1.54, 1.807) is 0 Å². The van der Waals surface area contributed by atoms with Crippen LogP contribution >= 0.6 is 12.4 Å². The molecule has 1 fully saturated rings. The van der Waals surface area contributed by atoms with Crippen molar-refractivity contribution in [1.29, 1.82) is 0 Å². The Balaban J connectivity index is 0.00000320. The highest BCUT2D eigenvalue weighted by Gasteiger charge is 2.23. The molecule has 8 heteroatoms. The molecule has 1 aliphatic rings. The van der Waals surface area contributed by atoms with Crippen LogP contribution in [0, 0.1) is 5.82 Å². The molecule has 1 amide bonds. The Kier molecular flexibility index (Phi) is 9.33. The van der Waals surface area contributed by atoms with Gasteiger partial charge in [-0.1, -0.05) is 37.3 Å². The fourth-order valence-corrected chi connectivity index (χ4v) is 3.57. The number of carbonyl (C=O) groups is 1. The van der Waals surface area contributed by atoms with E-state index in [1.165, 1.54) is 13.2 Å². The second-order valence-electron chi connectivity index (χ2n) is 7.24. The van der Waals surface area contributed by atoms with Gasteiger partial charge in [0.05, 0.1) is 13.2 Å².